The second-order valence-corrected chi connectivity index (χ2v) is 8.05. The molecule has 0 bridgehead atoms. The fraction of sp³-hybridized carbons (Fsp3) is 0.500. The highest BCUT2D eigenvalue weighted by Gasteiger charge is 2.30. The predicted molar refractivity (Wildman–Crippen MR) is 90.2 cm³/mol. The molecule has 1 aliphatic rings. The van der Waals surface area contributed by atoms with Crippen molar-refractivity contribution in [1.82, 2.24) is 4.31 Å². The maximum absolute atomic E-state index is 12.4. The van der Waals surface area contributed by atoms with Crippen LogP contribution >= 0.6 is 0 Å². The molecule has 0 radical (unpaired) electrons. The molecule has 1 fully saturated rings. The van der Waals surface area contributed by atoms with Gasteiger partial charge in [-0.1, -0.05) is 18.2 Å². The summed E-state index contributed by atoms with van der Waals surface area (Å²) in [7, 11) is -3.21. The molecule has 24 heavy (non-hydrogen) atoms. The van der Waals surface area contributed by atoms with Crippen LogP contribution in [0.4, 0.5) is 5.69 Å². The van der Waals surface area contributed by atoms with Crippen molar-refractivity contribution in [2.75, 3.05) is 24.2 Å². The Hall–Kier alpha value is -1.93. The van der Waals surface area contributed by atoms with Crippen LogP contribution in [-0.2, 0) is 26.0 Å². The van der Waals surface area contributed by atoms with Gasteiger partial charge in [0.2, 0.25) is 15.9 Å². The van der Waals surface area contributed by atoms with Crippen molar-refractivity contribution in [2.45, 2.75) is 26.2 Å². The van der Waals surface area contributed by atoms with Crippen LogP contribution in [0.3, 0.4) is 0 Å². The Kier molecular flexibility index (Phi) is 5.95. The second kappa shape index (κ2) is 7.76. The van der Waals surface area contributed by atoms with Crippen LogP contribution in [0.5, 0.6) is 0 Å². The number of hydrogen-bond acceptors (Lipinski definition) is 4. The predicted octanol–water partition coefficient (Wildman–Crippen LogP) is 1.31. The molecule has 1 aromatic carbocycles. The van der Waals surface area contributed by atoms with Crippen LogP contribution in [0, 0.1) is 5.92 Å². The van der Waals surface area contributed by atoms with Crippen molar-refractivity contribution in [1.29, 1.82) is 0 Å². The van der Waals surface area contributed by atoms with Gasteiger partial charge in [-0.25, -0.2) is 12.7 Å². The van der Waals surface area contributed by atoms with Crippen molar-refractivity contribution in [3.05, 3.63) is 29.8 Å². The van der Waals surface area contributed by atoms with Crippen LogP contribution < -0.4 is 5.32 Å². The van der Waals surface area contributed by atoms with Gasteiger partial charge in [-0.3, -0.25) is 9.59 Å². The van der Waals surface area contributed by atoms with Crippen molar-refractivity contribution in [2.24, 2.45) is 5.92 Å². The van der Waals surface area contributed by atoms with Crippen LogP contribution in [0.2, 0.25) is 0 Å². The van der Waals surface area contributed by atoms with Gasteiger partial charge in [0, 0.05) is 24.7 Å². The van der Waals surface area contributed by atoms with E-state index < -0.39 is 16.0 Å². The lowest BCUT2D eigenvalue weighted by atomic mass is 9.97. The second-order valence-electron chi connectivity index (χ2n) is 5.79. The summed E-state index contributed by atoms with van der Waals surface area (Å²) in [5, 5.41) is 11.7. The van der Waals surface area contributed by atoms with Crippen molar-refractivity contribution < 1.29 is 23.1 Å². The lowest BCUT2D eigenvalue weighted by molar-refractivity contribution is -0.136. The standard InChI is InChI=1S/C16H22N2O5S/c1-2-24(22,23)18-9-7-12(8-10-18)16(21)17-14-6-4-3-5-13(14)11-15(19)20/h3-6,12H,2,7-11H2,1H3,(H,17,21)(H,19,20). The number of carbonyl (C=O) groups excluding carboxylic acids is 1. The average molecular weight is 354 g/mol. The average Bonchev–Trinajstić information content (AvgIpc) is 2.56. The highest BCUT2D eigenvalue weighted by atomic mass is 32.2. The van der Waals surface area contributed by atoms with Crippen molar-refractivity contribution in [3.63, 3.8) is 0 Å². The molecule has 7 nitrogen and oxygen atoms in total. The van der Waals surface area contributed by atoms with Gasteiger partial charge in [-0.05, 0) is 31.4 Å². The quantitative estimate of drug-likeness (QED) is 0.802. The fourth-order valence-corrected chi connectivity index (χ4v) is 3.91. The maximum atomic E-state index is 12.4. The summed E-state index contributed by atoms with van der Waals surface area (Å²) < 4.78 is 25.1. The number of rotatable bonds is 6. The lowest BCUT2D eigenvalue weighted by Gasteiger charge is -2.30. The molecule has 0 spiro atoms. The number of carboxylic acids is 1. The SMILES string of the molecule is CCS(=O)(=O)N1CCC(C(=O)Nc2ccccc2CC(=O)O)CC1. The van der Waals surface area contributed by atoms with E-state index in [0.717, 1.165) is 0 Å². The number of para-hydroxylation sites is 1. The number of sulfonamides is 1. The van der Waals surface area contributed by atoms with Crippen molar-refractivity contribution in [3.8, 4) is 0 Å². The van der Waals surface area contributed by atoms with Gasteiger partial charge in [0.05, 0.1) is 12.2 Å². The Morgan fingerprint density at radius 1 is 1.25 bits per heavy atom. The molecule has 1 amide bonds. The first kappa shape index (κ1) is 18.4. The molecule has 1 saturated heterocycles. The number of aliphatic carboxylic acids is 1. The van der Waals surface area contributed by atoms with E-state index >= 15 is 0 Å². The van der Waals surface area contributed by atoms with E-state index in [2.05, 4.69) is 5.32 Å². The Morgan fingerprint density at radius 3 is 2.46 bits per heavy atom. The van der Waals surface area contributed by atoms with E-state index in [1.807, 2.05) is 0 Å². The molecule has 0 saturated carbocycles. The minimum absolute atomic E-state index is 0.0619. The Morgan fingerprint density at radius 2 is 1.88 bits per heavy atom. The zero-order chi connectivity index (χ0) is 17.7. The molecule has 2 rings (SSSR count). The molecular weight excluding hydrogens is 332 g/mol. The van der Waals surface area contributed by atoms with E-state index in [9.17, 15) is 18.0 Å². The summed E-state index contributed by atoms with van der Waals surface area (Å²) in [4.78, 5) is 23.3. The van der Waals surface area contributed by atoms with Gasteiger partial charge >= 0.3 is 5.97 Å². The maximum Gasteiger partial charge on any atom is 0.307 e. The lowest BCUT2D eigenvalue weighted by Crippen LogP contribution is -2.42. The fourth-order valence-electron chi connectivity index (χ4n) is 2.77. The number of piperidine rings is 1. The number of carbonyl (C=O) groups is 2. The van der Waals surface area contributed by atoms with Gasteiger partial charge in [0.25, 0.3) is 0 Å². The number of nitrogens with zero attached hydrogens (tertiary/aromatic N) is 1. The van der Waals surface area contributed by atoms with Gasteiger partial charge in [-0.15, -0.1) is 0 Å². The third-order valence-electron chi connectivity index (χ3n) is 4.20. The molecule has 1 aromatic rings. The largest absolute Gasteiger partial charge is 0.481 e. The van der Waals surface area contributed by atoms with Gasteiger partial charge < -0.3 is 10.4 Å². The van der Waals surface area contributed by atoms with E-state index in [-0.39, 0.29) is 24.0 Å². The zero-order valence-electron chi connectivity index (χ0n) is 13.6. The first-order valence-corrected chi connectivity index (χ1v) is 9.52. The Labute approximate surface area is 141 Å². The molecule has 1 heterocycles. The summed E-state index contributed by atoms with van der Waals surface area (Å²) >= 11 is 0. The monoisotopic (exact) mass is 354 g/mol. The zero-order valence-corrected chi connectivity index (χ0v) is 14.4. The molecule has 8 heteroatoms. The van der Waals surface area contributed by atoms with E-state index in [4.69, 9.17) is 5.11 Å². The summed E-state index contributed by atoms with van der Waals surface area (Å²) in [6.45, 7) is 2.28. The summed E-state index contributed by atoms with van der Waals surface area (Å²) in [6, 6.07) is 6.80. The third-order valence-corrected chi connectivity index (χ3v) is 6.08. The van der Waals surface area contributed by atoms with Crippen LogP contribution in [0.25, 0.3) is 0 Å². The first-order valence-electron chi connectivity index (χ1n) is 7.92. The number of anilines is 1. The van der Waals surface area contributed by atoms with Gasteiger partial charge in [-0.2, -0.15) is 0 Å². The van der Waals surface area contributed by atoms with Crippen LogP contribution in [0.15, 0.2) is 24.3 Å². The molecule has 0 atom stereocenters. The van der Waals surface area contributed by atoms with E-state index in [1.165, 1.54) is 4.31 Å². The molecule has 0 aromatic heterocycles. The van der Waals surface area contributed by atoms with Crippen molar-refractivity contribution >= 4 is 27.6 Å². The van der Waals surface area contributed by atoms with E-state index in [1.54, 1.807) is 31.2 Å². The topological polar surface area (TPSA) is 104 Å². The minimum Gasteiger partial charge on any atom is -0.481 e. The van der Waals surface area contributed by atoms with Crippen LogP contribution in [-0.4, -0.2) is 48.5 Å². The molecular formula is C16H22N2O5S. The molecule has 2 N–H and O–H groups in total. The molecule has 0 unspecified atom stereocenters. The number of amides is 1. The third kappa shape index (κ3) is 4.55. The highest BCUT2D eigenvalue weighted by Crippen LogP contribution is 2.23. The number of hydrogen-bond donors (Lipinski definition) is 2. The van der Waals surface area contributed by atoms with Gasteiger partial charge in [0.1, 0.15) is 0 Å². The molecule has 132 valence electrons. The van der Waals surface area contributed by atoms with Crippen LogP contribution in [0.1, 0.15) is 25.3 Å². The molecule has 0 aliphatic carbocycles. The highest BCUT2D eigenvalue weighted by molar-refractivity contribution is 7.89. The summed E-state index contributed by atoms with van der Waals surface area (Å²) in [6.07, 6.45) is 0.766. The Balaban J connectivity index is 1.99. The minimum atomic E-state index is -3.21. The van der Waals surface area contributed by atoms with Gasteiger partial charge in [0.15, 0.2) is 0 Å². The first-order chi connectivity index (χ1) is 11.3. The summed E-state index contributed by atoms with van der Waals surface area (Å²) in [5.74, 6) is -1.37. The van der Waals surface area contributed by atoms with E-state index in [0.29, 0.717) is 37.2 Å². The normalized spacial score (nSPS) is 16.7. The number of benzene rings is 1. The number of carboxylic acid groups (broad SMARTS) is 1. The smallest absolute Gasteiger partial charge is 0.307 e. The summed E-state index contributed by atoms with van der Waals surface area (Å²) in [5.41, 5.74) is 1.04. The Bertz CT molecular complexity index is 709. The number of nitrogens with one attached hydrogen (secondary N) is 1. The molecule has 1 aliphatic heterocycles.